The molecule has 1 aromatic heterocycles. The topological polar surface area (TPSA) is 17.8 Å². The van der Waals surface area contributed by atoms with E-state index in [4.69, 9.17) is 0 Å². The molecule has 0 bridgehead atoms. The van der Waals surface area contributed by atoms with E-state index in [0.717, 1.165) is 5.69 Å². The first-order valence-electron chi connectivity index (χ1n) is 4.58. The Hall–Kier alpha value is -1.83. The van der Waals surface area contributed by atoms with Gasteiger partial charge in [0, 0.05) is 12.4 Å². The number of hydrogen-bond donors (Lipinski definition) is 0. The van der Waals surface area contributed by atoms with Gasteiger partial charge in [-0.2, -0.15) is 0 Å². The third-order valence-electron chi connectivity index (χ3n) is 1.97. The van der Waals surface area contributed by atoms with Crippen LogP contribution < -0.4 is 0 Å². The highest BCUT2D eigenvalue weighted by Gasteiger charge is 1.87. The Kier molecular flexibility index (Phi) is 2.45. The number of imidazole rings is 1. The summed E-state index contributed by atoms with van der Waals surface area (Å²) in [5.41, 5.74) is 2.22. The van der Waals surface area contributed by atoms with E-state index in [-0.39, 0.29) is 0 Å². The van der Waals surface area contributed by atoms with Crippen LogP contribution in [-0.4, -0.2) is 9.55 Å². The standard InChI is InChI=1S/C12H12N2/c1-11-9-14(10-13-11)8-7-12-5-3-2-4-6-12/h2-10H,1H3/b8-7-. The van der Waals surface area contributed by atoms with E-state index >= 15 is 0 Å². The van der Waals surface area contributed by atoms with Crippen molar-refractivity contribution in [2.24, 2.45) is 0 Å². The summed E-state index contributed by atoms with van der Waals surface area (Å²) in [5.74, 6) is 0. The first-order chi connectivity index (χ1) is 6.84. The van der Waals surface area contributed by atoms with Gasteiger partial charge in [0.1, 0.15) is 0 Å². The van der Waals surface area contributed by atoms with E-state index in [1.54, 1.807) is 6.33 Å². The van der Waals surface area contributed by atoms with Crippen molar-refractivity contribution in [3.05, 3.63) is 54.1 Å². The van der Waals surface area contributed by atoms with E-state index in [0.29, 0.717) is 0 Å². The maximum absolute atomic E-state index is 4.14. The van der Waals surface area contributed by atoms with Gasteiger partial charge in [0.05, 0.1) is 12.0 Å². The molecule has 1 heterocycles. The summed E-state index contributed by atoms with van der Waals surface area (Å²) in [5, 5.41) is 0. The lowest BCUT2D eigenvalue weighted by Crippen LogP contribution is -1.78. The highest BCUT2D eigenvalue weighted by Crippen LogP contribution is 2.03. The van der Waals surface area contributed by atoms with Gasteiger partial charge in [0.2, 0.25) is 0 Å². The molecule has 0 fully saturated rings. The predicted octanol–water partition coefficient (Wildman–Crippen LogP) is 2.82. The average Bonchev–Trinajstić information content (AvgIpc) is 2.63. The lowest BCUT2D eigenvalue weighted by atomic mass is 10.2. The van der Waals surface area contributed by atoms with Crippen molar-refractivity contribution in [2.45, 2.75) is 6.92 Å². The molecule has 0 N–H and O–H groups in total. The molecule has 70 valence electrons. The second-order valence-electron chi connectivity index (χ2n) is 3.19. The molecule has 0 spiro atoms. The minimum Gasteiger partial charge on any atom is -0.313 e. The second-order valence-corrected chi connectivity index (χ2v) is 3.19. The molecule has 0 saturated heterocycles. The monoisotopic (exact) mass is 184 g/mol. The normalized spacial score (nSPS) is 10.9. The molecule has 2 rings (SSSR count). The number of nitrogens with zero attached hydrogens (tertiary/aromatic N) is 2. The molecule has 0 unspecified atom stereocenters. The predicted molar refractivity (Wildman–Crippen MR) is 58.6 cm³/mol. The van der Waals surface area contributed by atoms with Crippen molar-refractivity contribution in [3.63, 3.8) is 0 Å². The molecule has 0 aliphatic carbocycles. The van der Waals surface area contributed by atoms with Crippen molar-refractivity contribution in [1.82, 2.24) is 9.55 Å². The third kappa shape index (κ3) is 2.10. The van der Waals surface area contributed by atoms with Gasteiger partial charge in [-0.1, -0.05) is 30.3 Å². The zero-order chi connectivity index (χ0) is 9.80. The molecule has 2 nitrogen and oxygen atoms in total. The fourth-order valence-corrected chi connectivity index (χ4v) is 1.26. The van der Waals surface area contributed by atoms with Crippen molar-refractivity contribution < 1.29 is 0 Å². The Morgan fingerprint density at radius 1 is 1.21 bits per heavy atom. The maximum atomic E-state index is 4.14. The van der Waals surface area contributed by atoms with Crippen molar-refractivity contribution >= 4 is 12.3 Å². The molecule has 0 aliphatic rings. The highest BCUT2D eigenvalue weighted by molar-refractivity contribution is 5.60. The zero-order valence-corrected chi connectivity index (χ0v) is 8.09. The van der Waals surface area contributed by atoms with E-state index < -0.39 is 0 Å². The first-order valence-corrected chi connectivity index (χ1v) is 4.58. The van der Waals surface area contributed by atoms with Gasteiger partial charge in [0.15, 0.2) is 0 Å². The summed E-state index contributed by atoms with van der Waals surface area (Å²) in [6, 6.07) is 10.2. The SMILES string of the molecule is Cc1cn(/C=C\c2ccccc2)cn1. The smallest absolute Gasteiger partial charge is 0.0990 e. The van der Waals surface area contributed by atoms with Gasteiger partial charge in [-0.05, 0) is 18.6 Å². The summed E-state index contributed by atoms with van der Waals surface area (Å²) < 4.78 is 1.95. The number of hydrogen-bond acceptors (Lipinski definition) is 1. The number of benzene rings is 1. The molecular formula is C12H12N2. The number of rotatable bonds is 2. The van der Waals surface area contributed by atoms with Crippen LogP contribution in [0.5, 0.6) is 0 Å². The first kappa shape index (κ1) is 8.75. The van der Waals surface area contributed by atoms with Crippen LogP contribution in [0.4, 0.5) is 0 Å². The van der Waals surface area contributed by atoms with E-state index in [1.165, 1.54) is 5.56 Å². The van der Waals surface area contributed by atoms with Crippen LogP contribution in [0.25, 0.3) is 12.3 Å². The van der Waals surface area contributed by atoms with Crippen LogP contribution in [0.15, 0.2) is 42.9 Å². The molecule has 14 heavy (non-hydrogen) atoms. The van der Waals surface area contributed by atoms with Gasteiger partial charge >= 0.3 is 0 Å². The fourth-order valence-electron chi connectivity index (χ4n) is 1.26. The van der Waals surface area contributed by atoms with Gasteiger partial charge in [0.25, 0.3) is 0 Å². The molecule has 0 atom stereocenters. The minimum atomic E-state index is 1.03. The Balaban J connectivity index is 2.15. The highest BCUT2D eigenvalue weighted by atomic mass is 15.0. The van der Waals surface area contributed by atoms with Gasteiger partial charge < -0.3 is 4.57 Å². The molecule has 0 saturated carbocycles. The maximum Gasteiger partial charge on any atom is 0.0990 e. The molecule has 2 heteroatoms. The van der Waals surface area contributed by atoms with E-state index in [9.17, 15) is 0 Å². The molecule has 0 aliphatic heterocycles. The third-order valence-corrected chi connectivity index (χ3v) is 1.97. The number of aromatic nitrogens is 2. The molecule has 0 radical (unpaired) electrons. The Morgan fingerprint density at radius 3 is 2.64 bits per heavy atom. The van der Waals surface area contributed by atoms with Crippen molar-refractivity contribution in [1.29, 1.82) is 0 Å². The van der Waals surface area contributed by atoms with Crippen molar-refractivity contribution in [2.75, 3.05) is 0 Å². The largest absolute Gasteiger partial charge is 0.313 e. The second kappa shape index (κ2) is 3.92. The number of aryl methyl sites for hydroxylation is 1. The quantitative estimate of drug-likeness (QED) is 0.701. The molecule has 1 aromatic carbocycles. The fraction of sp³-hybridized carbons (Fsp3) is 0.0833. The van der Waals surface area contributed by atoms with E-state index in [2.05, 4.69) is 23.2 Å². The summed E-state index contributed by atoms with van der Waals surface area (Å²) in [4.78, 5) is 4.14. The van der Waals surface area contributed by atoms with Crippen LogP contribution in [0.2, 0.25) is 0 Å². The molecule has 0 amide bonds. The Bertz CT molecular complexity index is 427. The zero-order valence-electron chi connectivity index (χ0n) is 8.09. The molecule has 2 aromatic rings. The van der Waals surface area contributed by atoms with Crippen LogP contribution in [-0.2, 0) is 0 Å². The van der Waals surface area contributed by atoms with Crippen LogP contribution in [0.3, 0.4) is 0 Å². The van der Waals surface area contributed by atoms with Gasteiger partial charge in [-0.25, -0.2) is 4.98 Å². The minimum absolute atomic E-state index is 1.03. The lowest BCUT2D eigenvalue weighted by molar-refractivity contribution is 1.14. The van der Waals surface area contributed by atoms with E-state index in [1.807, 2.05) is 42.1 Å². The van der Waals surface area contributed by atoms with Crippen LogP contribution in [0.1, 0.15) is 11.3 Å². The lowest BCUT2D eigenvalue weighted by Gasteiger charge is -1.92. The Labute approximate surface area is 83.5 Å². The van der Waals surface area contributed by atoms with Crippen LogP contribution >= 0.6 is 0 Å². The van der Waals surface area contributed by atoms with Crippen molar-refractivity contribution in [3.8, 4) is 0 Å². The molecular weight excluding hydrogens is 172 g/mol. The summed E-state index contributed by atoms with van der Waals surface area (Å²) in [7, 11) is 0. The summed E-state index contributed by atoms with van der Waals surface area (Å²) >= 11 is 0. The van der Waals surface area contributed by atoms with Crippen LogP contribution in [0, 0.1) is 6.92 Å². The Morgan fingerprint density at radius 2 is 2.00 bits per heavy atom. The van der Waals surface area contributed by atoms with Gasteiger partial charge in [-0.15, -0.1) is 0 Å². The van der Waals surface area contributed by atoms with Gasteiger partial charge in [-0.3, -0.25) is 0 Å². The summed E-state index contributed by atoms with van der Waals surface area (Å²) in [6.45, 7) is 1.98. The summed E-state index contributed by atoms with van der Waals surface area (Å²) in [6.07, 6.45) is 7.84. The average molecular weight is 184 g/mol.